The molecule has 1 unspecified atom stereocenters. The van der Waals surface area contributed by atoms with Crippen LogP contribution in [0.1, 0.15) is 20.8 Å². The summed E-state index contributed by atoms with van der Waals surface area (Å²) in [6, 6.07) is 0.434. The van der Waals surface area contributed by atoms with Gasteiger partial charge in [0.1, 0.15) is 0 Å². The van der Waals surface area contributed by atoms with E-state index in [1.807, 2.05) is 4.90 Å². The average Bonchev–Trinajstić information content (AvgIpc) is 2.39. The third-order valence-corrected chi connectivity index (χ3v) is 3.89. The minimum Gasteiger partial charge on any atom is -0.340 e. The summed E-state index contributed by atoms with van der Waals surface area (Å²) in [5, 5.41) is 0. The van der Waals surface area contributed by atoms with Gasteiger partial charge in [0.15, 0.2) is 0 Å². The number of hydrogen-bond donors (Lipinski definition) is 1. The van der Waals surface area contributed by atoms with E-state index < -0.39 is 0 Å². The average molecular weight is 256 g/mol. The molecule has 5 nitrogen and oxygen atoms in total. The van der Waals surface area contributed by atoms with Crippen molar-refractivity contribution < 1.29 is 4.79 Å². The maximum Gasteiger partial charge on any atom is 0.219 e. The summed E-state index contributed by atoms with van der Waals surface area (Å²) in [5.74, 6) is 0.189. The van der Waals surface area contributed by atoms with Crippen molar-refractivity contribution in [3.63, 3.8) is 0 Å². The Kier molecular flexibility index (Phi) is 6.60. The first kappa shape index (κ1) is 15.4. The van der Waals surface area contributed by atoms with E-state index in [2.05, 4.69) is 23.6 Å². The molecule has 1 atom stereocenters. The van der Waals surface area contributed by atoms with E-state index in [0.29, 0.717) is 12.6 Å². The second-order valence-corrected chi connectivity index (χ2v) is 4.92. The molecule has 0 aromatic carbocycles. The first-order chi connectivity index (χ1) is 8.62. The van der Waals surface area contributed by atoms with Gasteiger partial charge in [-0.1, -0.05) is 13.8 Å². The molecule has 106 valence electrons. The maximum atomic E-state index is 11.3. The monoisotopic (exact) mass is 256 g/mol. The first-order valence-electron chi connectivity index (χ1n) is 7.04. The Labute approximate surface area is 111 Å². The summed E-state index contributed by atoms with van der Waals surface area (Å²) in [6.45, 7) is 13.5. The van der Waals surface area contributed by atoms with E-state index in [1.54, 1.807) is 6.92 Å². The smallest absolute Gasteiger partial charge is 0.219 e. The number of carbonyl (C=O) groups is 1. The Bertz CT molecular complexity index is 247. The summed E-state index contributed by atoms with van der Waals surface area (Å²) in [5.41, 5.74) is 5.88. The molecular weight excluding hydrogens is 228 g/mol. The SMILES string of the molecule is CCN(CC)C(CN)CN1CCN(C(C)=O)CC1. The van der Waals surface area contributed by atoms with E-state index in [1.165, 1.54) is 0 Å². The predicted molar refractivity (Wildman–Crippen MR) is 74.5 cm³/mol. The molecular formula is C13H28N4O. The minimum atomic E-state index is 0.189. The number of rotatable bonds is 6. The van der Waals surface area contributed by atoms with E-state index in [-0.39, 0.29) is 5.91 Å². The number of likely N-dealkylation sites (N-methyl/N-ethyl adjacent to an activating group) is 1. The molecule has 18 heavy (non-hydrogen) atoms. The molecule has 0 bridgehead atoms. The van der Waals surface area contributed by atoms with E-state index in [9.17, 15) is 4.79 Å². The standard InChI is InChI=1S/C13H28N4O/c1-4-16(5-2)13(10-14)11-15-6-8-17(9-7-15)12(3)18/h13H,4-11,14H2,1-3H3. The Hall–Kier alpha value is -0.650. The second-order valence-electron chi connectivity index (χ2n) is 4.92. The number of amides is 1. The largest absolute Gasteiger partial charge is 0.340 e. The van der Waals surface area contributed by atoms with Crippen LogP contribution >= 0.6 is 0 Å². The maximum absolute atomic E-state index is 11.3. The Morgan fingerprint density at radius 1 is 1.22 bits per heavy atom. The van der Waals surface area contributed by atoms with Crippen molar-refractivity contribution in [2.45, 2.75) is 26.8 Å². The molecule has 0 radical (unpaired) electrons. The Balaban J connectivity index is 2.40. The third kappa shape index (κ3) is 4.23. The number of nitrogens with zero attached hydrogens (tertiary/aromatic N) is 3. The Morgan fingerprint density at radius 3 is 2.17 bits per heavy atom. The molecule has 5 heteroatoms. The third-order valence-electron chi connectivity index (χ3n) is 3.89. The second kappa shape index (κ2) is 7.71. The van der Waals surface area contributed by atoms with Gasteiger partial charge in [-0.05, 0) is 13.1 Å². The molecule has 1 aliphatic heterocycles. The molecule has 0 spiro atoms. The van der Waals surface area contributed by atoms with Crippen LogP contribution in [-0.4, -0.2) is 79.0 Å². The van der Waals surface area contributed by atoms with Crippen molar-refractivity contribution in [1.82, 2.24) is 14.7 Å². The quantitative estimate of drug-likeness (QED) is 0.716. The number of carbonyl (C=O) groups excluding carboxylic acids is 1. The lowest BCUT2D eigenvalue weighted by Gasteiger charge is -2.38. The molecule has 1 heterocycles. The molecule has 1 aliphatic rings. The highest BCUT2D eigenvalue weighted by molar-refractivity contribution is 5.73. The van der Waals surface area contributed by atoms with Crippen LogP contribution in [0.15, 0.2) is 0 Å². The van der Waals surface area contributed by atoms with Crippen molar-refractivity contribution in [2.24, 2.45) is 5.73 Å². The van der Waals surface area contributed by atoms with Gasteiger partial charge in [0, 0.05) is 52.2 Å². The number of nitrogens with two attached hydrogens (primary N) is 1. The molecule has 0 aliphatic carbocycles. The van der Waals surface area contributed by atoms with E-state index in [0.717, 1.165) is 45.8 Å². The van der Waals surface area contributed by atoms with Gasteiger partial charge in [-0.2, -0.15) is 0 Å². The van der Waals surface area contributed by atoms with Gasteiger partial charge >= 0.3 is 0 Å². The van der Waals surface area contributed by atoms with Crippen LogP contribution in [0, 0.1) is 0 Å². The minimum absolute atomic E-state index is 0.189. The molecule has 2 N–H and O–H groups in total. The van der Waals surface area contributed by atoms with Gasteiger partial charge < -0.3 is 10.6 Å². The van der Waals surface area contributed by atoms with Crippen molar-refractivity contribution in [3.8, 4) is 0 Å². The highest BCUT2D eigenvalue weighted by atomic mass is 16.2. The van der Waals surface area contributed by atoms with Crippen LogP contribution in [0.5, 0.6) is 0 Å². The van der Waals surface area contributed by atoms with E-state index in [4.69, 9.17) is 5.73 Å². The number of piperazine rings is 1. The lowest BCUT2D eigenvalue weighted by Crippen LogP contribution is -2.54. The van der Waals surface area contributed by atoms with Crippen LogP contribution in [0.4, 0.5) is 0 Å². The lowest BCUT2D eigenvalue weighted by atomic mass is 10.2. The fraction of sp³-hybridized carbons (Fsp3) is 0.923. The van der Waals surface area contributed by atoms with Crippen LogP contribution in [0.3, 0.4) is 0 Å². The zero-order chi connectivity index (χ0) is 13.5. The van der Waals surface area contributed by atoms with Crippen LogP contribution in [-0.2, 0) is 4.79 Å². The summed E-state index contributed by atoms with van der Waals surface area (Å²) < 4.78 is 0. The van der Waals surface area contributed by atoms with Crippen molar-refractivity contribution in [3.05, 3.63) is 0 Å². The van der Waals surface area contributed by atoms with Crippen molar-refractivity contribution in [1.29, 1.82) is 0 Å². The molecule has 1 amide bonds. The first-order valence-corrected chi connectivity index (χ1v) is 7.04. The van der Waals surface area contributed by atoms with Gasteiger partial charge in [-0.15, -0.1) is 0 Å². The molecule has 1 rings (SSSR count). The normalized spacial score (nSPS) is 19.3. The van der Waals surface area contributed by atoms with Crippen LogP contribution < -0.4 is 5.73 Å². The van der Waals surface area contributed by atoms with Crippen LogP contribution in [0.25, 0.3) is 0 Å². The summed E-state index contributed by atoms with van der Waals surface area (Å²) in [7, 11) is 0. The Morgan fingerprint density at radius 2 is 1.78 bits per heavy atom. The summed E-state index contributed by atoms with van der Waals surface area (Å²) in [6.07, 6.45) is 0. The van der Waals surface area contributed by atoms with Crippen molar-refractivity contribution >= 4 is 5.91 Å². The molecule has 0 aromatic heterocycles. The van der Waals surface area contributed by atoms with Gasteiger partial charge in [-0.3, -0.25) is 14.6 Å². The topological polar surface area (TPSA) is 52.8 Å². The molecule has 0 saturated carbocycles. The molecule has 0 aromatic rings. The molecule has 1 fully saturated rings. The zero-order valence-corrected chi connectivity index (χ0v) is 12.1. The van der Waals surface area contributed by atoms with E-state index >= 15 is 0 Å². The van der Waals surface area contributed by atoms with Gasteiger partial charge in [0.2, 0.25) is 5.91 Å². The molecule has 1 saturated heterocycles. The fourth-order valence-corrected chi connectivity index (χ4v) is 2.62. The van der Waals surface area contributed by atoms with Crippen molar-refractivity contribution in [2.75, 3.05) is 52.4 Å². The predicted octanol–water partition coefficient (Wildman–Crippen LogP) is -0.180. The fourth-order valence-electron chi connectivity index (χ4n) is 2.62. The van der Waals surface area contributed by atoms with Crippen LogP contribution in [0.2, 0.25) is 0 Å². The number of hydrogen-bond acceptors (Lipinski definition) is 4. The zero-order valence-electron chi connectivity index (χ0n) is 12.1. The summed E-state index contributed by atoms with van der Waals surface area (Å²) >= 11 is 0. The van der Waals surface area contributed by atoms with Gasteiger partial charge in [0.25, 0.3) is 0 Å². The highest BCUT2D eigenvalue weighted by Crippen LogP contribution is 2.06. The van der Waals surface area contributed by atoms with Gasteiger partial charge in [-0.25, -0.2) is 0 Å². The highest BCUT2D eigenvalue weighted by Gasteiger charge is 2.22. The van der Waals surface area contributed by atoms with Gasteiger partial charge in [0.05, 0.1) is 0 Å². The summed E-state index contributed by atoms with van der Waals surface area (Å²) in [4.78, 5) is 18.0. The lowest BCUT2D eigenvalue weighted by molar-refractivity contribution is -0.130.